The molecule has 22 heavy (non-hydrogen) atoms. The van der Waals surface area contributed by atoms with Gasteiger partial charge in [-0.1, -0.05) is 13.8 Å². The number of carbonyl (C=O) groups excluding carboxylic acids is 1. The number of likely N-dealkylation sites (tertiary alicyclic amines) is 1. The lowest BCUT2D eigenvalue weighted by atomic mass is 10.0. The van der Waals surface area contributed by atoms with Crippen molar-refractivity contribution in [2.24, 2.45) is 5.92 Å². The van der Waals surface area contributed by atoms with Crippen LogP contribution in [0.5, 0.6) is 0 Å². The van der Waals surface area contributed by atoms with Crippen LogP contribution < -0.4 is 10.2 Å². The Morgan fingerprint density at radius 3 is 2.64 bits per heavy atom. The van der Waals surface area contributed by atoms with Gasteiger partial charge in [-0.3, -0.25) is 4.79 Å². The lowest BCUT2D eigenvalue weighted by molar-refractivity contribution is 0.0786. The minimum atomic E-state index is 0.0110. The average Bonchev–Trinajstić information content (AvgIpc) is 3.09. The number of nitrogens with one attached hydrogen (secondary N) is 1. The van der Waals surface area contributed by atoms with Crippen LogP contribution >= 0.6 is 0 Å². The topological polar surface area (TPSA) is 61.4 Å². The van der Waals surface area contributed by atoms with Gasteiger partial charge in [-0.05, 0) is 30.9 Å². The van der Waals surface area contributed by atoms with Gasteiger partial charge in [0.1, 0.15) is 0 Å². The number of hydrogen-bond donors (Lipinski definition) is 1. The lowest BCUT2D eigenvalue weighted by Crippen LogP contribution is -2.53. The van der Waals surface area contributed by atoms with Crippen LogP contribution in [0.2, 0.25) is 0 Å². The van der Waals surface area contributed by atoms with Gasteiger partial charge in [-0.25, -0.2) is 0 Å². The van der Waals surface area contributed by atoms with Crippen LogP contribution in [0.4, 0.5) is 5.82 Å². The van der Waals surface area contributed by atoms with Crippen molar-refractivity contribution in [2.75, 3.05) is 37.6 Å². The number of rotatable bonds is 3. The van der Waals surface area contributed by atoms with Crippen LogP contribution in [0.1, 0.15) is 37.2 Å². The van der Waals surface area contributed by atoms with E-state index in [0.717, 1.165) is 51.4 Å². The molecule has 2 aliphatic rings. The molecule has 0 spiro atoms. The third-order valence-corrected chi connectivity index (χ3v) is 4.60. The summed E-state index contributed by atoms with van der Waals surface area (Å²) >= 11 is 0. The van der Waals surface area contributed by atoms with E-state index in [0.29, 0.717) is 17.7 Å². The maximum atomic E-state index is 12.3. The fourth-order valence-electron chi connectivity index (χ4n) is 3.12. The van der Waals surface area contributed by atoms with Crippen molar-refractivity contribution in [3.8, 4) is 0 Å². The first kappa shape index (κ1) is 15.2. The van der Waals surface area contributed by atoms with Gasteiger partial charge in [-0.2, -0.15) is 0 Å². The molecule has 0 radical (unpaired) electrons. The molecule has 6 heteroatoms. The Morgan fingerprint density at radius 2 is 2.00 bits per heavy atom. The Morgan fingerprint density at radius 1 is 1.23 bits per heavy atom. The molecular weight excluding hydrogens is 278 g/mol. The van der Waals surface area contributed by atoms with Gasteiger partial charge >= 0.3 is 0 Å². The Bertz CT molecular complexity index is 510. The van der Waals surface area contributed by atoms with Crippen molar-refractivity contribution in [1.82, 2.24) is 20.4 Å². The molecule has 1 amide bonds. The minimum absolute atomic E-state index is 0.0110. The maximum Gasteiger partial charge on any atom is 0.274 e. The largest absolute Gasteiger partial charge is 0.352 e. The predicted molar refractivity (Wildman–Crippen MR) is 86.0 cm³/mol. The summed E-state index contributed by atoms with van der Waals surface area (Å²) in [4.78, 5) is 16.4. The van der Waals surface area contributed by atoms with Crippen LogP contribution in [0.3, 0.4) is 0 Å². The molecule has 2 aliphatic heterocycles. The standard InChI is InChI=1S/C16H25N5O/c1-12(2)14-11-21(10-7-17-14)15-6-5-13(18-19-15)16(22)20-8-3-4-9-20/h5-6,12,14,17H,3-4,7-11H2,1-2H3. The summed E-state index contributed by atoms with van der Waals surface area (Å²) < 4.78 is 0. The number of nitrogens with zero attached hydrogens (tertiary/aromatic N) is 4. The van der Waals surface area contributed by atoms with E-state index in [1.165, 1.54) is 0 Å². The Labute approximate surface area is 131 Å². The minimum Gasteiger partial charge on any atom is -0.352 e. The van der Waals surface area contributed by atoms with Crippen LogP contribution in [0.15, 0.2) is 12.1 Å². The summed E-state index contributed by atoms with van der Waals surface area (Å²) in [7, 11) is 0. The van der Waals surface area contributed by atoms with Crippen LogP contribution in [-0.4, -0.2) is 59.8 Å². The molecule has 0 saturated carbocycles. The van der Waals surface area contributed by atoms with Crippen LogP contribution in [-0.2, 0) is 0 Å². The third-order valence-electron chi connectivity index (χ3n) is 4.60. The summed E-state index contributed by atoms with van der Waals surface area (Å²) in [6.07, 6.45) is 2.18. The number of amides is 1. The highest BCUT2D eigenvalue weighted by Gasteiger charge is 2.24. The molecule has 0 bridgehead atoms. The van der Waals surface area contributed by atoms with Crippen molar-refractivity contribution in [3.05, 3.63) is 17.8 Å². The molecule has 2 saturated heterocycles. The van der Waals surface area contributed by atoms with E-state index < -0.39 is 0 Å². The van der Waals surface area contributed by atoms with Gasteiger partial charge in [0, 0.05) is 38.8 Å². The second-order valence-electron chi connectivity index (χ2n) is 6.53. The molecule has 1 unspecified atom stereocenters. The summed E-state index contributed by atoms with van der Waals surface area (Å²) in [5, 5.41) is 12.0. The van der Waals surface area contributed by atoms with Gasteiger partial charge in [-0.15, -0.1) is 10.2 Å². The van der Waals surface area contributed by atoms with Gasteiger partial charge in [0.15, 0.2) is 11.5 Å². The van der Waals surface area contributed by atoms with E-state index in [1.807, 2.05) is 17.0 Å². The van der Waals surface area contributed by atoms with Crippen LogP contribution in [0, 0.1) is 5.92 Å². The molecule has 6 nitrogen and oxygen atoms in total. The van der Waals surface area contributed by atoms with Gasteiger partial charge in [0.25, 0.3) is 5.91 Å². The van der Waals surface area contributed by atoms with Gasteiger partial charge in [0.2, 0.25) is 0 Å². The molecule has 1 N–H and O–H groups in total. The zero-order valence-corrected chi connectivity index (χ0v) is 13.5. The highest BCUT2D eigenvalue weighted by atomic mass is 16.2. The number of hydrogen-bond acceptors (Lipinski definition) is 5. The second kappa shape index (κ2) is 6.60. The Kier molecular flexibility index (Phi) is 4.57. The zero-order valence-electron chi connectivity index (χ0n) is 13.5. The van der Waals surface area contributed by atoms with Gasteiger partial charge in [0.05, 0.1) is 0 Å². The molecule has 1 atom stereocenters. The van der Waals surface area contributed by atoms with E-state index in [1.54, 1.807) is 0 Å². The second-order valence-corrected chi connectivity index (χ2v) is 6.53. The average molecular weight is 303 g/mol. The molecule has 1 aromatic rings. The van der Waals surface area contributed by atoms with Crippen molar-refractivity contribution in [2.45, 2.75) is 32.7 Å². The fraction of sp³-hybridized carbons (Fsp3) is 0.688. The van der Waals surface area contributed by atoms with Gasteiger partial charge < -0.3 is 15.1 Å². The number of piperazine rings is 1. The molecular formula is C16H25N5O. The van der Waals surface area contributed by atoms with E-state index in [-0.39, 0.29) is 5.91 Å². The first-order valence-corrected chi connectivity index (χ1v) is 8.26. The maximum absolute atomic E-state index is 12.3. The van der Waals surface area contributed by atoms with Crippen LogP contribution in [0.25, 0.3) is 0 Å². The van der Waals surface area contributed by atoms with Crippen molar-refractivity contribution < 1.29 is 4.79 Å². The first-order chi connectivity index (χ1) is 10.6. The van der Waals surface area contributed by atoms with Crippen molar-refractivity contribution in [3.63, 3.8) is 0 Å². The summed E-state index contributed by atoms with van der Waals surface area (Å²) in [5.74, 6) is 1.47. The molecule has 0 aliphatic carbocycles. The molecule has 1 aromatic heterocycles. The first-order valence-electron chi connectivity index (χ1n) is 8.26. The van der Waals surface area contributed by atoms with E-state index in [4.69, 9.17) is 0 Å². The summed E-state index contributed by atoms with van der Waals surface area (Å²) in [5.41, 5.74) is 0.459. The predicted octanol–water partition coefficient (Wildman–Crippen LogP) is 1.15. The molecule has 3 rings (SSSR count). The molecule has 0 aromatic carbocycles. The SMILES string of the molecule is CC(C)C1CN(c2ccc(C(=O)N3CCCC3)nn2)CCN1. The molecule has 3 heterocycles. The monoisotopic (exact) mass is 303 g/mol. The normalized spacial score (nSPS) is 22.4. The van der Waals surface area contributed by atoms with E-state index in [2.05, 4.69) is 34.3 Å². The van der Waals surface area contributed by atoms with Crippen molar-refractivity contribution >= 4 is 11.7 Å². The molecule has 2 fully saturated rings. The zero-order chi connectivity index (χ0) is 15.5. The van der Waals surface area contributed by atoms with Crippen molar-refractivity contribution in [1.29, 1.82) is 0 Å². The third kappa shape index (κ3) is 3.21. The Balaban J connectivity index is 1.67. The highest BCUT2D eigenvalue weighted by Crippen LogP contribution is 2.17. The highest BCUT2D eigenvalue weighted by molar-refractivity contribution is 5.92. The number of aromatic nitrogens is 2. The number of carbonyl (C=O) groups is 1. The van der Waals surface area contributed by atoms with E-state index >= 15 is 0 Å². The summed E-state index contributed by atoms with van der Waals surface area (Å²) in [6.45, 7) is 8.96. The lowest BCUT2D eigenvalue weighted by Gasteiger charge is -2.36. The fourth-order valence-corrected chi connectivity index (χ4v) is 3.12. The quantitative estimate of drug-likeness (QED) is 0.907. The molecule has 120 valence electrons. The summed E-state index contributed by atoms with van der Waals surface area (Å²) in [6, 6.07) is 4.22. The smallest absolute Gasteiger partial charge is 0.274 e. The van der Waals surface area contributed by atoms with E-state index in [9.17, 15) is 4.79 Å². The number of anilines is 1. The Hall–Kier alpha value is -1.69.